The SMILES string of the molecule is COC(=O)c1ccc(S(=O)(=O)N(Cc2cc3ccc(C)c(C)c3[nH]c2=O)C[C@H]2CCCO2)cc1. The van der Waals surface area contributed by atoms with Crippen LogP contribution in [0, 0.1) is 13.8 Å². The van der Waals surface area contributed by atoms with Crippen LogP contribution in [0.1, 0.15) is 39.9 Å². The molecule has 8 nitrogen and oxygen atoms in total. The Bertz CT molecular complexity index is 1370. The molecule has 1 N–H and O–H groups in total. The van der Waals surface area contributed by atoms with Gasteiger partial charge in [0.15, 0.2) is 0 Å². The third-order valence-electron chi connectivity index (χ3n) is 6.32. The van der Waals surface area contributed by atoms with Crippen molar-refractivity contribution in [1.29, 1.82) is 0 Å². The lowest BCUT2D eigenvalue weighted by molar-refractivity contribution is 0.0600. The fourth-order valence-electron chi connectivity index (χ4n) is 4.17. The Hall–Kier alpha value is -3.01. The Labute approximate surface area is 198 Å². The zero-order valence-electron chi connectivity index (χ0n) is 19.5. The van der Waals surface area contributed by atoms with Crippen molar-refractivity contribution in [3.05, 3.63) is 75.1 Å². The third kappa shape index (κ3) is 4.77. The summed E-state index contributed by atoms with van der Waals surface area (Å²) in [4.78, 5) is 27.6. The predicted octanol–water partition coefficient (Wildman–Crippen LogP) is 3.30. The van der Waals surface area contributed by atoms with Crippen LogP contribution in [0.2, 0.25) is 0 Å². The minimum atomic E-state index is -3.97. The number of esters is 1. The van der Waals surface area contributed by atoms with E-state index in [0.29, 0.717) is 12.2 Å². The number of hydrogen-bond donors (Lipinski definition) is 1. The van der Waals surface area contributed by atoms with Crippen LogP contribution in [0.3, 0.4) is 0 Å². The second kappa shape index (κ2) is 9.69. The number of carbonyl (C=O) groups is 1. The first-order valence-corrected chi connectivity index (χ1v) is 12.6. The summed E-state index contributed by atoms with van der Waals surface area (Å²) >= 11 is 0. The first kappa shape index (κ1) is 24.1. The molecule has 0 spiro atoms. The minimum Gasteiger partial charge on any atom is -0.465 e. The van der Waals surface area contributed by atoms with Gasteiger partial charge >= 0.3 is 5.97 Å². The number of benzene rings is 2. The number of aromatic amines is 1. The Kier molecular flexibility index (Phi) is 6.88. The first-order chi connectivity index (χ1) is 16.2. The quantitative estimate of drug-likeness (QED) is 0.516. The van der Waals surface area contributed by atoms with Gasteiger partial charge in [-0.1, -0.05) is 12.1 Å². The summed E-state index contributed by atoms with van der Waals surface area (Å²) in [6.45, 7) is 4.54. The number of sulfonamides is 1. The van der Waals surface area contributed by atoms with Gasteiger partial charge in [0.05, 0.1) is 29.2 Å². The van der Waals surface area contributed by atoms with Crippen molar-refractivity contribution < 1.29 is 22.7 Å². The molecular weight excluding hydrogens is 456 g/mol. The Morgan fingerprint density at radius 2 is 1.91 bits per heavy atom. The highest BCUT2D eigenvalue weighted by atomic mass is 32.2. The van der Waals surface area contributed by atoms with Gasteiger partial charge in [-0.15, -0.1) is 0 Å². The monoisotopic (exact) mass is 484 g/mol. The van der Waals surface area contributed by atoms with Gasteiger partial charge in [-0.3, -0.25) is 4.79 Å². The molecule has 1 saturated heterocycles. The summed E-state index contributed by atoms with van der Waals surface area (Å²) in [5.74, 6) is -0.548. The van der Waals surface area contributed by atoms with E-state index in [2.05, 4.69) is 9.72 Å². The molecule has 180 valence electrons. The number of rotatable bonds is 7. The number of aryl methyl sites for hydroxylation is 2. The lowest BCUT2D eigenvalue weighted by atomic mass is 10.0. The van der Waals surface area contributed by atoms with Crippen molar-refractivity contribution in [3.8, 4) is 0 Å². The minimum absolute atomic E-state index is 0.0295. The molecule has 1 fully saturated rings. The van der Waals surface area contributed by atoms with E-state index in [1.807, 2.05) is 26.0 Å². The van der Waals surface area contributed by atoms with Gasteiger partial charge in [-0.25, -0.2) is 13.2 Å². The Morgan fingerprint density at radius 1 is 1.18 bits per heavy atom. The van der Waals surface area contributed by atoms with Gasteiger partial charge in [0.1, 0.15) is 0 Å². The maximum Gasteiger partial charge on any atom is 0.337 e. The number of aromatic nitrogens is 1. The molecule has 0 aliphatic carbocycles. The molecule has 0 radical (unpaired) electrons. The molecule has 2 heterocycles. The summed E-state index contributed by atoms with van der Waals surface area (Å²) < 4.78 is 38.8. The lowest BCUT2D eigenvalue weighted by Gasteiger charge is -2.25. The molecule has 3 aromatic rings. The van der Waals surface area contributed by atoms with E-state index in [-0.39, 0.29) is 35.2 Å². The highest BCUT2D eigenvalue weighted by Crippen LogP contribution is 2.24. The van der Waals surface area contributed by atoms with E-state index in [1.54, 1.807) is 6.07 Å². The van der Waals surface area contributed by atoms with Gasteiger partial charge in [0, 0.05) is 25.3 Å². The second-order valence-corrected chi connectivity index (χ2v) is 10.5. The van der Waals surface area contributed by atoms with Crippen molar-refractivity contribution in [2.75, 3.05) is 20.3 Å². The molecule has 0 saturated carbocycles. The van der Waals surface area contributed by atoms with Crippen molar-refractivity contribution in [1.82, 2.24) is 9.29 Å². The second-order valence-electron chi connectivity index (χ2n) is 8.54. The normalized spacial score (nSPS) is 16.3. The predicted molar refractivity (Wildman–Crippen MR) is 128 cm³/mol. The number of nitrogens with one attached hydrogen (secondary N) is 1. The number of H-pyrrole nitrogens is 1. The molecule has 34 heavy (non-hydrogen) atoms. The largest absolute Gasteiger partial charge is 0.465 e. The van der Waals surface area contributed by atoms with E-state index in [4.69, 9.17) is 4.74 Å². The highest BCUT2D eigenvalue weighted by Gasteiger charge is 2.30. The number of carbonyl (C=O) groups excluding carboxylic acids is 1. The number of fused-ring (bicyclic) bond motifs is 1. The van der Waals surface area contributed by atoms with Gasteiger partial charge in [-0.05, 0) is 73.5 Å². The van der Waals surface area contributed by atoms with Crippen LogP contribution in [0.15, 0.2) is 52.2 Å². The summed E-state index contributed by atoms with van der Waals surface area (Å²) in [5.41, 5.74) is 3.08. The van der Waals surface area contributed by atoms with Crippen LogP contribution in [0.25, 0.3) is 10.9 Å². The average Bonchev–Trinajstić information content (AvgIpc) is 3.35. The molecule has 0 unspecified atom stereocenters. The van der Waals surface area contributed by atoms with Gasteiger partial charge in [0.25, 0.3) is 5.56 Å². The number of ether oxygens (including phenoxy) is 2. The molecule has 4 rings (SSSR count). The van der Waals surface area contributed by atoms with E-state index in [0.717, 1.165) is 34.9 Å². The molecule has 0 bridgehead atoms. The van der Waals surface area contributed by atoms with E-state index >= 15 is 0 Å². The van der Waals surface area contributed by atoms with Crippen molar-refractivity contribution in [2.45, 2.75) is 44.2 Å². The zero-order chi connectivity index (χ0) is 24.5. The van der Waals surface area contributed by atoms with Crippen molar-refractivity contribution in [2.24, 2.45) is 0 Å². The standard InChI is InChI=1S/C25H28N2O6S/c1-16-6-7-19-13-20(24(28)26-23(19)17(16)2)14-27(15-21-5-4-12-33-21)34(30,31)22-10-8-18(9-11-22)25(29)32-3/h6-11,13,21H,4-5,12,14-15H2,1-3H3,(H,26,28)/t21-/m1/s1. The topological polar surface area (TPSA) is 106 Å². The molecule has 1 aliphatic heterocycles. The highest BCUT2D eigenvalue weighted by molar-refractivity contribution is 7.89. The van der Waals surface area contributed by atoms with Crippen LogP contribution >= 0.6 is 0 Å². The fraction of sp³-hybridized carbons (Fsp3) is 0.360. The Balaban J connectivity index is 1.71. The maximum atomic E-state index is 13.6. The molecule has 2 aromatic carbocycles. The van der Waals surface area contributed by atoms with E-state index < -0.39 is 16.0 Å². The third-order valence-corrected chi connectivity index (χ3v) is 8.15. The number of pyridine rings is 1. The number of nitrogens with zero attached hydrogens (tertiary/aromatic N) is 1. The maximum absolute atomic E-state index is 13.6. The summed E-state index contributed by atoms with van der Waals surface area (Å²) in [5, 5.41) is 0.842. The summed E-state index contributed by atoms with van der Waals surface area (Å²) in [6, 6.07) is 11.2. The van der Waals surface area contributed by atoms with E-state index in [1.165, 1.54) is 35.7 Å². The molecule has 1 atom stereocenters. The number of hydrogen-bond acceptors (Lipinski definition) is 6. The van der Waals surface area contributed by atoms with Crippen molar-refractivity contribution in [3.63, 3.8) is 0 Å². The summed E-state index contributed by atoms with van der Waals surface area (Å²) in [7, 11) is -2.71. The molecule has 1 aliphatic rings. The smallest absolute Gasteiger partial charge is 0.337 e. The van der Waals surface area contributed by atoms with Crippen LogP contribution in [-0.2, 0) is 26.0 Å². The molecule has 9 heteroatoms. The van der Waals surface area contributed by atoms with Gasteiger partial charge in [0.2, 0.25) is 10.0 Å². The van der Waals surface area contributed by atoms with Crippen LogP contribution in [0.4, 0.5) is 0 Å². The summed E-state index contributed by atoms with van der Waals surface area (Å²) in [6.07, 6.45) is 1.37. The lowest BCUT2D eigenvalue weighted by Crippen LogP contribution is -2.38. The molecule has 1 aromatic heterocycles. The number of methoxy groups -OCH3 is 1. The van der Waals surface area contributed by atoms with Crippen LogP contribution in [-0.4, -0.2) is 50.0 Å². The van der Waals surface area contributed by atoms with Crippen LogP contribution in [0.5, 0.6) is 0 Å². The molecule has 0 amide bonds. The fourth-order valence-corrected chi connectivity index (χ4v) is 5.62. The van der Waals surface area contributed by atoms with Crippen LogP contribution < -0.4 is 5.56 Å². The van der Waals surface area contributed by atoms with E-state index in [9.17, 15) is 18.0 Å². The first-order valence-electron chi connectivity index (χ1n) is 11.1. The van der Waals surface area contributed by atoms with Gasteiger partial charge in [-0.2, -0.15) is 4.31 Å². The van der Waals surface area contributed by atoms with Crippen molar-refractivity contribution >= 4 is 26.9 Å². The zero-order valence-corrected chi connectivity index (χ0v) is 20.3. The average molecular weight is 485 g/mol. The molecular formula is C25H28N2O6S. The Morgan fingerprint density at radius 3 is 2.56 bits per heavy atom. The van der Waals surface area contributed by atoms with Gasteiger partial charge < -0.3 is 14.5 Å².